The molecule has 0 aliphatic carbocycles. The molecule has 2 nitrogen and oxygen atoms in total. The van der Waals surface area contributed by atoms with Gasteiger partial charge in [-0.2, -0.15) is 0 Å². The lowest BCUT2D eigenvalue weighted by Crippen LogP contribution is -1.88. The minimum Gasteiger partial charge on any atom is -0.279 e. The second kappa shape index (κ2) is 6.41. The largest absolute Gasteiger partial charge is 0.279 e. The maximum Gasteiger partial charge on any atom is 0.244 e. The van der Waals surface area contributed by atoms with E-state index in [1.54, 1.807) is 6.08 Å². The van der Waals surface area contributed by atoms with Crippen molar-refractivity contribution in [3.05, 3.63) is 52.7 Å². The van der Waals surface area contributed by atoms with Crippen molar-refractivity contribution in [1.82, 2.24) is 0 Å². The molecular weight excluding hydrogens is 330 g/mol. The molecule has 0 spiro atoms. The monoisotopic (exact) mass is 339 g/mol. The Morgan fingerprint density at radius 2 is 2.33 bits per heavy atom. The van der Waals surface area contributed by atoms with Crippen molar-refractivity contribution in [2.45, 2.75) is 0 Å². The van der Waals surface area contributed by atoms with E-state index in [9.17, 15) is 4.79 Å². The van der Waals surface area contributed by atoms with Gasteiger partial charge in [-0.3, -0.25) is 4.79 Å². The molecule has 5 heteroatoms. The first-order valence-electron chi connectivity index (χ1n) is 5.21. The second-order valence-electron chi connectivity index (χ2n) is 3.45. The third-order valence-electron chi connectivity index (χ3n) is 2.08. The molecule has 1 aliphatic rings. The number of halogens is 1. The predicted octanol–water partition coefficient (Wildman–Crippen LogP) is 4.34. The summed E-state index contributed by atoms with van der Waals surface area (Å²) in [6.07, 6.45) is 3.61. The fraction of sp³-hybridized carbons (Fsp3) is 0.0769. The van der Waals surface area contributed by atoms with E-state index in [0.29, 0.717) is 5.70 Å². The van der Waals surface area contributed by atoms with Gasteiger partial charge >= 0.3 is 0 Å². The fourth-order valence-corrected chi connectivity index (χ4v) is 3.35. The van der Waals surface area contributed by atoms with Gasteiger partial charge in [0.1, 0.15) is 10.1 Å². The Morgan fingerprint density at radius 1 is 1.50 bits per heavy atom. The standard InChI is InChI=1S/C13H10BrNOS2/c1-2-6-17-13-15-11(12(16)18-13)8-9-4-3-5-10(14)7-9/h2-5,7-8H,1,6H2/b11-8+. The summed E-state index contributed by atoms with van der Waals surface area (Å²) in [6.45, 7) is 3.65. The van der Waals surface area contributed by atoms with Gasteiger partial charge in [0.05, 0.1) is 0 Å². The van der Waals surface area contributed by atoms with Crippen molar-refractivity contribution in [3.8, 4) is 0 Å². The van der Waals surface area contributed by atoms with Crippen LogP contribution in [0.2, 0.25) is 0 Å². The second-order valence-corrected chi connectivity index (χ2v) is 6.60. The van der Waals surface area contributed by atoms with E-state index in [-0.39, 0.29) is 5.12 Å². The van der Waals surface area contributed by atoms with Gasteiger partial charge < -0.3 is 0 Å². The molecule has 1 aromatic rings. The summed E-state index contributed by atoms with van der Waals surface area (Å²) in [5.74, 6) is 0.767. The van der Waals surface area contributed by atoms with Gasteiger partial charge in [-0.15, -0.1) is 6.58 Å². The number of benzene rings is 1. The molecule has 18 heavy (non-hydrogen) atoms. The molecule has 0 radical (unpaired) electrons. The van der Waals surface area contributed by atoms with Gasteiger partial charge in [0.2, 0.25) is 5.12 Å². The van der Waals surface area contributed by atoms with Crippen molar-refractivity contribution in [2.24, 2.45) is 4.99 Å². The molecule has 1 aliphatic heterocycles. The average Bonchev–Trinajstić information content (AvgIpc) is 2.68. The molecule has 2 rings (SSSR count). The van der Waals surface area contributed by atoms with Gasteiger partial charge in [0.25, 0.3) is 0 Å². The first-order valence-corrected chi connectivity index (χ1v) is 7.80. The number of rotatable bonds is 3. The lowest BCUT2D eigenvalue weighted by Gasteiger charge is -1.95. The third kappa shape index (κ3) is 3.60. The predicted molar refractivity (Wildman–Crippen MR) is 84.8 cm³/mol. The van der Waals surface area contributed by atoms with Crippen molar-refractivity contribution in [3.63, 3.8) is 0 Å². The molecule has 0 amide bonds. The van der Waals surface area contributed by atoms with Gasteiger partial charge in [0, 0.05) is 10.2 Å². The quantitative estimate of drug-likeness (QED) is 0.606. The highest BCUT2D eigenvalue weighted by Gasteiger charge is 2.21. The highest BCUT2D eigenvalue weighted by atomic mass is 79.9. The zero-order valence-electron chi connectivity index (χ0n) is 9.43. The number of carbonyl (C=O) groups excluding carboxylic acids is 1. The van der Waals surface area contributed by atoms with Gasteiger partial charge in [0.15, 0.2) is 0 Å². The van der Waals surface area contributed by atoms with E-state index < -0.39 is 0 Å². The van der Waals surface area contributed by atoms with Crippen LogP contribution in [0.25, 0.3) is 6.08 Å². The van der Waals surface area contributed by atoms with Crippen molar-refractivity contribution >= 4 is 55.0 Å². The van der Waals surface area contributed by atoms with Gasteiger partial charge in [-0.05, 0) is 35.5 Å². The molecule has 0 fully saturated rings. The summed E-state index contributed by atoms with van der Waals surface area (Å²) in [4.78, 5) is 16.1. The van der Waals surface area contributed by atoms with Crippen LogP contribution < -0.4 is 0 Å². The first-order chi connectivity index (χ1) is 8.69. The van der Waals surface area contributed by atoms with Crippen LogP contribution in [-0.4, -0.2) is 15.2 Å². The zero-order valence-corrected chi connectivity index (χ0v) is 12.6. The molecule has 0 bridgehead atoms. The Kier molecular flexibility index (Phi) is 4.86. The van der Waals surface area contributed by atoms with Crippen molar-refractivity contribution in [1.29, 1.82) is 0 Å². The Balaban J connectivity index is 2.19. The Bertz CT molecular complexity index is 552. The first kappa shape index (κ1) is 13.6. The molecule has 1 aromatic carbocycles. The molecule has 0 saturated heterocycles. The van der Waals surface area contributed by atoms with E-state index in [1.807, 2.05) is 30.3 Å². The zero-order chi connectivity index (χ0) is 13.0. The van der Waals surface area contributed by atoms with Crippen LogP contribution in [0.1, 0.15) is 5.56 Å². The Labute approximate surface area is 123 Å². The number of carbonyl (C=O) groups is 1. The smallest absolute Gasteiger partial charge is 0.244 e. The lowest BCUT2D eigenvalue weighted by molar-refractivity contribution is -0.107. The van der Waals surface area contributed by atoms with E-state index in [1.165, 1.54) is 23.5 Å². The van der Waals surface area contributed by atoms with Crippen LogP contribution in [0.4, 0.5) is 0 Å². The van der Waals surface area contributed by atoms with Crippen molar-refractivity contribution in [2.75, 3.05) is 5.75 Å². The molecule has 0 N–H and O–H groups in total. The fourth-order valence-electron chi connectivity index (χ4n) is 1.34. The van der Waals surface area contributed by atoms with Crippen LogP contribution in [0.3, 0.4) is 0 Å². The lowest BCUT2D eigenvalue weighted by atomic mass is 10.2. The van der Waals surface area contributed by atoms with E-state index in [2.05, 4.69) is 27.5 Å². The number of hydrogen-bond donors (Lipinski definition) is 0. The van der Waals surface area contributed by atoms with Crippen LogP contribution in [0.15, 0.2) is 52.1 Å². The summed E-state index contributed by atoms with van der Waals surface area (Å²) in [5, 5.41) is 0.00142. The van der Waals surface area contributed by atoms with Gasteiger partial charge in [-0.1, -0.05) is 45.9 Å². The van der Waals surface area contributed by atoms with Crippen LogP contribution in [0, 0.1) is 0 Å². The number of nitrogens with zero attached hydrogens (tertiary/aromatic N) is 1. The summed E-state index contributed by atoms with van der Waals surface area (Å²) in [6, 6.07) is 7.78. The van der Waals surface area contributed by atoms with E-state index in [0.717, 1.165) is 20.2 Å². The molecule has 92 valence electrons. The molecular formula is C13H10BrNOS2. The van der Waals surface area contributed by atoms with Gasteiger partial charge in [-0.25, -0.2) is 4.99 Å². The van der Waals surface area contributed by atoms with Crippen LogP contribution in [0.5, 0.6) is 0 Å². The molecule has 0 atom stereocenters. The number of hydrogen-bond acceptors (Lipinski definition) is 4. The van der Waals surface area contributed by atoms with E-state index >= 15 is 0 Å². The Hall–Kier alpha value is -0.780. The maximum absolute atomic E-state index is 11.8. The summed E-state index contributed by atoms with van der Waals surface area (Å²) in [5.41, 5.74) is 1.47. The van der Waals surface area contributed by atoms with Crippen LogP contribution >= 0.6 is 39.5 Å². The van der Waals surface area contributed by atoms with E-state index in [4.69, 9.17) is 0 Å². The normalized spacial score (nSPS) is 17.1. The maximum atomic E-state index is 11.8. The SMILES string of the molecule is C=CCSC1=N/C(=C/c2cccc(Br)c2)C(=O)S1. The summed E-state index contributed by atoms with van der Waals surface area (Å²) >= 11 is 6.11. The molecule has 0 aromatic heterocycles. The minimum atomic E-state index is 0.00142. The minimum absolute atomic E-state index is 0.00142. The molecule has 0 unspecified atom stereocenters. The van der Waals surface area contributed by atoms with Crippen molar-refractivity contribution < 1.29 is 4.79 Å². The molecule has 0 saturated carbocycles. The topological polar surface area (TPSA) is 29.4 Å². The summed E-state index contributed by atoms with van der Waals surface area (Å²) in [7, 11) is 0. The number of thioether (sulfide) groups is 2. The highest BCUT2D eigenvalue weighted by molar-refractivity contribution is 9.10. The summed E-state index contributed by atoms with van der Waals surface area (Å²) < 4.78 is 1.78. The highest BCUT2D eigenvalue weighted by Crippen LogP contribution is 2.31. The third-order valence-corrected chi connectivity index (χ3v) is 4.58. The Morgan fingerprint density at radius 3 is 3.06 bits per heavy atom. The average molecular weight is 340 g/mol. The molecule has 1 heterocycles. The van der Waals surface area contributed by atoms with Crippen LogP contribution in [-0.2, 0) is 4.79 Å². The number of aliphatic imine (C=N–C) groups is 1.